The van der Waals surface area contributed by atoms with E-state index in [0.717, 1.165) is 25.7 Å². The van der Waals surface area contributed by atoms with Crippen molar-refractivity contribution in [2.24, 2.45) is 0 Å². The van der Waals surface area contributed by atoms with E-state index in [1.807, 2.05) is 0 Å². The number of nitrogens with two attached hydrogens (primary N) is 1. The van der Waals surface area contributed by atoms with E-state index in [-0.39, 0.29) is 17.2 Å². The first-order valence-corrected chi connectivity index (χ1v) is 6.95. The largest absolute Gasteiger partial charge is 0.396 e. The number of para-hydroxylation sites is 1. The van der Waals surface area contributed by atoms with Crippen LogP contribution in [0, 0.1) is 5.82 Å². The van der Waals surface area contributed by atoms with Gasteiger partial charge in [0.25, 0.3) is 5.91 Å². The summed E-state index contributed by atoms with van der Waals surface area (Å²) >= 11 is 0. The standard InChI is InChI=1S/C15H23FN2O/c1-3-5-10-18(11-6-4-2)15(19)12-8-7-9-13(16)14(12)17/h7-9H,3-6,10-11,17H2,1-2H3. The lowest BCUT2D eigenvalue weighted by Crippen LogP contribution is -2.33. The highest BCUT2D eigenvalue weighted by atomic mass is 19.1. The number of hydrogen-bond donors (Lipinski definition) is 1. The van der Waals surface area contributed by atoms with Gasteiger partial charge in [-0.1, -0.05) is 32.8 Å². The molecule has 3 nitrogen and oxygen atoms in total. The Hall–Kier alpha value is -1.58. The molecule has 0 bridgehead atoms. The third-order valence-electron chi connectivity index (χ3n) is 3.13. The summed E-state index contributed by atoms with van der Waals surface area (Å²) in [5.74, 6) is -0.698. The molecule has 0 aliphatic carbocycles. The molecule has 106 valence electrons. The molecule has 0 spiro atoms. The molecular formula is C15H23FN2O. The van der Waals surface area contributed by atoms with Gasteiger partial charge in [-0.3, -0.25) is 4.79 Å². The number of anilines is 1. The van der Waals surface area contributed by atoms with Crippen molar-refractivity contribution >= 4 is 11.6 Å². The van der Waals surface area contributed by atoms with Crippen LogP contribution < -0.4 is 5.73 Å². The van der Waals surface area contributed by atoms with Crippen molar-refractivity contribution in [1.29, 1.82) is 0 Å². The molecule has 0 heterocycles. The first kappa shape index (κ1) is 15.5. The highest BCUT2D eigenvalue weighted by molar-refractivity contribution is 5.99. The molecule has 1 aromatic carbocycles. The van der Waals surface area contributed by atoms with Crippen LogP contribution >= 0.6 is 0 Å². The van der Waals surface area contributed by atoms with E-state index in [2.05, 4.69) is 13.8 Å². The van der Waals surface area contributed by atoms with E-state index in [1.54, 1.807) is 11.0 Å². The Labute approximate surface area is 114 Å². The fourth-order valence-electron chi connectivity index (χ4n) is 1.91. The summed E-state index contributed by atoms with van der Waals surface area (Å²) in [7, 11) is 0. The number of rotatable bonds is 7. The predicted octanol–water partition coefficient (Wildman–Crippen LogP) is 3.45. The van der Waals surface area contributed by atoms with Crippen LogP contribution in [0.3, 0.4) is 0 Å². The summed E-state index contributed by atoms with van der Waals surface area (Å²) < 4.78 is 13.4. The molecule has 0 aromatic heterocycles. The molecule has 0 unspecified atom stereocenters. The monoisotopic (exact) mass is 266 g/mol. The third-order valence-corrected chi connectivity index (χ3v) is 3.13. The summed E-state index contributed by atoms with van der Waals surface area (Å²) in [6.45, 7) is 5.56. The lowest BCUT2D eigenvalue weighted by molar-refractivity contribution is 0.0751. The van der Waals surface area contributed by atoms with Crippen molar-refractivity contribution in [3.05, 3.63) is 29.6 Å². The van der Waals surface area contributed by atoms with Crippen molar-refractivity contribution in [2.45, 2.75) is 39.5 Å². The van der Waals surface area contributed by atoms with Crippen LogP contribution in [0.2, 0.25) is 0 Å². The number of carbonyl (C=O) groups excluding carboxylic acids is 1. The van der Waals surface area contributed by atoms with E-state index >= 15 is 0 Å². The maximum atomic E-state index is 13.4. The molecule has 0 fully saturated rings. The average Bonchev–Trinajstić information content (AvgIpc) is 2.41. The summed E-state index contributed by atoms with van der Waals surface area (Å²) in [6, 6.07) is 4.39. The van der Waals surface area contributed by atoms with E-state index in [4.69, 9.17) is 5.73 Å². The van der Waals surface area contributed by atoms with E-state index in [0.29, 0.717) is 13.1 Å². The zero-order valence-electron chi connectivity index (χ0n) is 11.8. The third kappa shape index (κ3) is 4.23. The Bertz CT molecular complexity index is 413. The maximum absolute atomic E-state index is 13.4. The minimum Gasteiger partial charge on any atom is -0.396 e. The number of nitrogens with zero attached hydrogens (tertiary/aromatic N) is 1. The van der Waals surface area contributed by atoms with Crippen LogP contribution in [-0.4, -0.2) is 23.9 Å². The van der Waals surface area contributed by atoms with Crippen LogP contribution in [0.5, 0.6) is 0 Å². The molecule has 1 aromatic rings. The minimum absolute atomic E-state index is 0.0505. The Morgan fingerprint density at radius 3 is 2.32 bits per heavy atom. The van der Waals surface area contributed by atoms with E-state index in [1.165, 1.54) is 12.1 Å². The van der Waals surface area contributed by atoms with Gasteiger partial charge < -0.3 is 10.6 Å². The van der Waals surface area contributed by atoms with Gasteiger partial charge in [-0.05, 0) is 25.0 Å². The Kier molecular flexibility index (Phi) is 6.33. The van der Waals surface area contributed by atoms with Gasteiger partial charge in [-0.2, -0.15) is 0 Å². The fourth-order valence-corrected chi connectivity index (χ4v) is 1.91. The second-order valence-corrected chi connectivity index (χ2v) is 4.70. The van der Waals surface area contributed by atoms with Gasteiger partial charge in [-0.25, -0.2) is 4.39 Å². The van der Waals surface area contributed by atoms with E-state index in [9.17, 15) is 9.18 Å². The van der Waals surface area contributed by atoms with Crippen molar-refractivity contribution < 1.29 is 9.18 Å². The zero-order chi connectivity index (χ0) is 14.3. The van der Waals surface area contributed by atoms with Crippen molar-refractivity contribution in [3.63, 3.8) is 0 Å². The Balaban J connectivity index is 2.87. The number of unbranched alkanes of at least 4 members (excludes halogenated alkanes) is 2. The first-order valence-electron chi connectivity index (χ1n) is 6.95. The number of nitrogen functional groups attached to an aromatic ring is 1. The molecular weight excluding hydrogens is 243 g/mol. The zero-order valence-corrected chi connectivity index (χ0v) is 11.8. The van der Waals surface area contributed by atoms with Crippen LogP contribution in [0.1, 0.15) is 49.9 Å². The smallest absolute Gasteiger partial charge is 0.256 e. The molecule has 2 N–H and O–H groups in total. The van der Waals surface area contributed by atoms with Gasteiger partial charge in [0.15, 0.2) is 0 Å². The second kappa shape index (κ2) is 7.77. The van der Waals surface area contributed by atoms with E-state index < -0.39 is 5.82 Å². The molecule has 0 aliphatic heterocycles. The molecule has 1 rings (SSSR count). The minimum atomic E-state index is -0.531. The average molecular weight is 266 g/mol. The topological polar surface area (TPSA) is 46.3 Å². The van der Waals surface area contributed by atoms with Crippen molar-refractivity contribution in [1.82, 2.24) is 4.90 Å². The molecule has 0 saturated carbocycles. The van der Waals surface area contributed by atoms with Gasteiger partial charge in [0, 0.05) is 13.1 Å². The molecule has 0 aliphatic rings. The number of amides is 1. The molecule has 0 radical (unpaired) electrons. The Morgan fingerprint density at radius 2 is 1.79 bits per heavy atom. The summed E-state index contributed by atoms with van der Waals surface area (Å²) in [4.78, 5) is 14.2. The molecule has 0 saturated heterocycles. The number of halogens is 1. The molecule has 0 atom stereocenters. The van der Waals surface area contributed by atoms with Gasteiger partial charge in [0.05, 0.1) is 11.3 Å². The molecule has 4 heteroatoms. The lowest BCUT2D eigenvalue weighted by atomic mass is 10.1. The van der Waals surface area contributed by atoms with Crippen LogP contribution in [-0.2, 0) is 0 Å². The van der Waals surface area contributed by atoms with Crippen LogP contribution in [0.4, 0.5) is 10.1 Å². The van der Waals surface area contributed by atoms with Crippen LogP contribution in [0.15, 0.2) is 18.2 Å². The van der Waals surface area contributed by atoms with Gasteiger partial charge in [0.1, 0.15) is 5.82 Å². The van der Waals surface area contributed by atoms with Gasteiger partial charge in [0.2, 0.25) is 0 Å². The highest BCUT2D eigenvalue weighted by Crippen LogP contribution is 2.18. The Morgan fingerprint density at radius 1 is 1.21 bits per heavy atom. The summed E-state index contributed by atoms with van der Waals surface area (Å²) in [5, 5.41) is 0. The SMILES string of the molecule is CCCCN(CCCC)C(=O)c1cccc(F)c1N. The van der Waals surface area contributed by atoms with Crippen LogP contribution in [0.25, 0.3) is 0 Å². The molecule has 19 heavy (non-hydrogen) atoms. The van der Waals surface area contributed by atoms with Crippen molar-refractivity contribution in [2.75, 3.05) is 18.8 Å². The first-order chi connectivity index (χ1) is 9.11. The normalized spacial score (nSPS) is 10.5. The summed E-state index contributed by atoms with van der Waals surface area (Å²) in [6.07, 6.45) is 3.94. The number of carbonyl (C=O) groups is 1. The quantitative estimate of drug-likeness (QED) is 0.768. The maximum Gasteiger partial charge on any atom is 0.256 e. The number of hydrogen-bond acceptors (Lipinski definition) is 2. The number of benzene rings is 1. The highest BCUT2D eigenvalue weighted by Gasteiger charge is 2.18. The fraction of sp³-hybridized carbons (Fsp3) is 0.533. The molecule has 1 amide bonds. The summed E-state index contributed by atoms with van der Waals surface area (Å²) in [5.41, 5.74) is 5.88. The van der Waals surface area contributed by atoms with Gasteiger partial charge >= 0.3 is 0 Å². The second-order valence-electron chi connectivity index (χ2n) is 4.70. The predicted molar refractivity (Wildman–Crippen MR) is 76.5 cm³/mol. The lowest BCUT2D eigenvalue weighted by Gasteiger charge is -2.23. The van der Waals surface area contributed by atoms with Crippen molar-refractivity contribution in [3.8, 4) is 0 Å². The van der Waals surface area contributed by atoms with Gasteiger partial charge in [-0.15, -0.1) is 0 Å².